The molecular formula is C14H15F2N3O3S. The number of hydrogen-bond donors (Lipinski definition) is 1. The van der Waals surface area contributed by atoms with E-state index >= 15 is 0 Å². The van der Waals surface area contributed by atoms with Gasteiger partial charge in [-0.2, -0.15) is 12.7 Å². The van der Waals surface area contributed by atoms with Crippen molar-refractivity contribution in [3.8, 4) is 0 Å². The van der Waals surface area contributed by atoms with Crippen molar-refractivity contribution in [2.24, 2.45) is 10.6 Å². The lowest BCUT2D eigenvalue weighted by molar-refractivity contribution is 0.0408. The van der Waals surface area contributed by atoms with Crippen LogP contribution in [0.4, 0.5) is 8.78 Å². The number of oxazole rings is 1. The number of nitrogens with zero attached hydrogens (tertiary/aromatic N) is 2. The molecule has 1 aromatic carbocycles. The molecule has 1 unspecified atom stereocenters. The van der Waals surface area contributed by atoms with E-state index < -0.39 is 27.5 Å². The highest BCUT2D eigenvalue weighted by Crippen LogP contribution is 2.75. The van der Waals surface area contributed by atoms with Crippen LogP contribution in [0.25, 0.3) is 11.1 Å². The fourth-order valence-corrected chi connectivity index (χ4v) is 4.37. The lowest BCUT2D eigenvalue weighted by Gasteiger charge is -2.30. The maximum atomic E-state index is 14.5. The highest BCUT2D eigenvalue weighted by Gasteiger charge is 2.82. The van der Waals surface area contributed by atoms with E-state index in [0.29, 0.717) is 11.1 Å². The molecule has 124 valence electrons. The smallest absolute Gasteiger partial charge is 0.276 e. The predicted octanol–water partition coefficient (Wildman–Crippen LogP) is 1.85. The lowest BCUT2D eigenvalue weighted by atomic mass is 9.91. The summed E-state index contributed by atoms with van der Waals surface area (Å²) in [5, 5.41) is 5.06. The Kier molecular flexibility index (Phi) is 2.92. The van der Waals surface area contributed by atoms with E-state index in [0.717, 1.165) is 4.31 Å². The third kappa shape index (κ3) is 2.03. The molecule has 0 amide bonds. The molecule has 1 aliphatic heterocycles. The van der Waals surface area contributed by atoms with Crippen LogP contribution in [-0.4, -0.2) is 36.7 Å². The summed E-state index contributed by atoms with van der Waals surface area (Å²) in [6, 6.07) is 6.91. The van der Waals surface area contributed by atoms with Crippen LogP contribution in [0.2, 0.25) is 0 Å². The maximum absolute atomic E-state index is 14.5. The van der Waals surface area contributed by atoms with Crippen molar-refractivity contribution >= 4 is 21.3 Å². The second-order valence-corrected chi connectivity index (χ2v) is 7.72. The molecule has 23 heavy (non-hydrogen) atoms. The summed E-state index contributed by atoms with van der Waals surface area (Å²) in [4.78, 5) is 4.18. The van der Waals surface area contributed by atoms with Crippen molar-refractivity contribution in [3.05, 3.63) is 30.2 Å². The Morgan fingerprint density at radius 3 is 2.52 bits per heavy atom. The van der Waals surface area contributed by atoms with E-state index in [4.69, 9.17) is 9.56 Å². The van der Waals surface area contributed by atoms with Gasteiger partial charge in [0.1, 0.15) is 11.4 Å². The van der Waals surface area contributed by atoms with Crippen LogP contribution in [0.15, 0.2) is 28.7 Å². The average Bonchev–Trinajstić information content (AvgIpc) is 2.81. The zero-order chi connectivity index (χ0) is 16.5. The van der Waals surface area contributed by atoms with E-state index in [1.165, 1.54) is 0 Å². The van der Waals surface area contributed by atoms with E-state index in [9.17, 15) is 17.2 Å². The number of hydrogen-bond acceptors (Lipinski definition) is 4. The minimum Gasteiger partial charge on any atom is -0.440 e. The van der Waals surface area contributed by atoms with Crippen LogP contribution in [0.1, 0.15) is 24.7 Å². The number of benzene rings is 1. The number of fused-ring (bicyclic) bond motifs is 1. The van der Waals surface area contributed by atoms with Crippen LogP contribution < -0.4 is 5.14 Å². The number of alkyl halides is 2. The number of halogens is 2. The third-order valence-electron chi connectivity index (χ3n) is 5.03. The first-order valence-corrected chi connectivity index (χ1v) is 8.77. The summed E-state index contributed by atoms with van der Waals surface area (Å²) < 4.78 is 58.2. The van der Waals surface area contributed by atoms with Crippen molar-refractivity contribution in [1.82, 2.24) is 9.29 Å². The van der Waals surface area contributed by atoms with Crippen LogP contribution in [-0.2, 0) is 10.2 Å². The highest BCUT2D eigenvalue weighted by atomic mass is 32.2. The second-order valence-electron chi connectivity index (χ2n) is 6.18. The Morgan fingerprint density at radius 1 is 1.26 bits per heavy atom. The van der Waals surface area contributed by atoms with Crippen molar-refractivity contribution in [2.75, 3.05) is 13.1 Å². The zero-order valence-electron chi connectivity index (χ0n) is 12.1. The topological polar surface area (TPSA) is 89.4 Å². The van der Waals surface area contributed by atoms with Crippen LogP contribution in [0, 0.1) is 5.41 Å². The first-order valence-electron chi connectivity index (χ1n) is 7.27. The van der Waals surface area contributed by atoms with Gasteiger partial charge in [-0.15, -0.1) is 0 Å². The molecule has 1 atom stereocenters. The molecule has 0 bridgehead atoms. The molecule has 2 aromatic rings. The minimum atomic E-state index is -3.84. The van der Waals surface area contributed by atoms with Crippen molar-refractivity contribution in [3.63, 3.8) is 0 Å². The molecule has 1 aromatic heterocycles. The predicted molar refractivity (Wildman–Crippen MR) is 78.0 cm³/mol. The zero-order valence-corrected chi connectivity index (χ0v) is 12.9. The van der Waals surface area contributed by atoms with Gasteiger partial charge in [0.15, 0.2) is 5.58 Å². The van der Waals surface area contributed by atoms with Crippen molar-refractivity contribution in [1.29, 1.82) is 0 Å². The van der Waals surface area contributed by atoms with Gasteiger partial charge in [0.05, 0.1) is 5.41 Å². The Balaban J connectivity index is 1.64. The van der Waals surface area contributed by atoms with Crippen molar-refractivity contribution in [2.45, 2.75) is 24.7 Å². The number of para-hydroxylation sites is 2. The van der Waals surface area contributed by atoms with Crippen LogP contribution in [0.3, 0.4) is 0 Å². The van der Waals surface area contributed by atoms with Gasteiger partial charge in [-0.1, -0.05) is 12.1 Å². The molecule has 6 nitrogen and oxygen atoms in total. The van der Waals surface area contributed by atoms with Gasteiger partial charge >= 0.3 is 0 Å². The summed E-state index contributed by atoms with van der Waals surface area (Å²) in [6.45, 7) is -0.0176. The van der Waals surface area contributed by atoms with Gasteiger partial charge in [0, 0.05) is 13.1 Å². The molecule has 2 fully saturated rings. The van der Waals surface area contributed by atoms with Gasteiger partial charge in [-0.05, 0) is 25.0 Å². The largest absolute Gasteiger partial charge is 0.440 e. The summed E-state index contributed by atoms with van der Waals surface area (Å²) >= 11 is 0. The van der Waals surface area contributed by atoms with Crippen molar-refractivity contribution < 1.29 is 21.6 Å². The Hall–Kier alpha value is -1.58. The summed E-state index contributed by atoms with van der Waals surface area (Å²) in [6.07, 6.45) is 0.0830. The second kappa shape index (κ2) is 4.49. The normalized spacial score (nSPS) is 26.7. The van der Waals surface area contributed by atoms with Crippen LogP contribution >= 0.6 is 0 Å². The molecule has 1 saturated carbocycles. The lowest BCUT2D eigenvalue weighted by Crippen LogP contribution is -2.43. The molecule has 2 heterocycles. The van der Waals surface area contributed by atoms with E-state index in [2.05, 4.69) is 4.98 Å². The fourth-order valence-electron chi connectivity index (χ4n) is 3.68. The van der Waals surface area contributed by atoms with Gasteiger partial charge in [0.2, 0.25) is 5.89 Å². The van der Waals surface area contributed by atoms with E-state index in [-0.39, 0.29) is 31.8 Å². The first kappa shape index (κ1) is 15.0. The Bertz CT molecular complexity index is 839. The number of nitrogens with two attached hydrogens (primary N) is 1. The van der Waals surface area contributed by atoms with Gasteiger partial charge in [0.25, 0.3) is 16.1 Å². The van der Waals surface area contributed by atoms with E-state index in [1.54, 1.807) is 24.3 Å². The Morgan fingerprint density at radius 2 is 1.91 bits per heavy atom. The monoisotopic (exact) mass is 343 g/mol. The van der Waals surface area contributed by atoms with Crippen LogP contribution in [0.5, 0.6) is 0 Å². The first-order chi connectivity index (χ1) is 10.8. The average molecular weight is 343 g/mol. The van der Waals surface area contributed by atoms with Gasteiger partial charge < -0.3 is 4.42 Å². The molecule has 4 rings (SSSR count). The molecule has 1 aliphatic carbocycles. The molecule has 1 saturated heterocycles. The van der Waals surface area contributed by atoms with Gasteiger partial charge in [-0.3, -0.25) is 0 Å². The minimum absolute atomic E-state index is 0.00878. The number of rotatable bonds is 2. The fraction of sp³-hybridized carbons (Fsp3) is 0.500. The van der Waals surface area contributed by atoms with E-state index in [1.807, 2.05) is 0 Å². The Labute approximate surface area is 131 Å². The molecule has 1 spiro atoms. The summed E-state index contributed by atoms with van der Waals surface area (Å²) in [5.41, 5.74) is -0.264. The molecule has 9 heteroatoms. The molecule has 2 aliphatic rings. The summed E-state index contributed by atoms with van der Waals surface area (Å²) in [5.74, 6) is -4.02. The van der Waals surface area contributed by atoms with Gasteiger partial charge in [-0.25, -0.2) is 18.9 Å². The molecule has 0 radical (unpaired) electrons. The standard InChI is InChI=1S/C14H15F2N3O3S/c15-14(16)11(12-18-9-3-1-2-4-10(9)22-12)13(14)5-7-19(8-6-13)23(17,20)21/h1-4,11H,5-8H2,(H2,17,20,21). The molecular weight excluding hydrogens is 328 g/mol. The number of aromatic nitrogens is 1. The quantitative estimate of drug-likeness (QED) is 0.901. The molecule has 2 N–H and O–H groups in total. The SMILES string of the molecule is NS(=O)(=O)N1CCC2(CC1)C(c1nc3ccccc3o1)C2(F)F. The summed E-state index contributed by atoms with van der Waals surface area (Å²) in [7, 11) is -3.84. The third-order valence-corrected chi connectivity index (χ3v) is 6.11. The highest BCUT2D eigenvalue weighted by molar-refractivity contribution is 7.86. The maximum Gasteiger partial charge on any atom is 0.276 e. The number of piperidine rings is 1.